The lowest BCUT2D eigenvalue weighted by Crippen LogP contribution is -2.01. The lowest BCUT2D eigenvalue weighted by atomic mass is 10.0. The SMILES string of the molecule is COc1cc(C=C(C#N)c2ccccc2F)cc(Br)c1OCc1ccccc1C#N. The second kappa shape index (κ2) is 9.73. The molecule has 0 aromatic heterocycles. The number of hydrogen-bond donors (Lipinski definition) is 0. The first-order valence-corrected chi connectivity index (χ1v) is 9.71. The van der Waals surface area contributed by atoms with Crippen LogP contribution in [0.2, 0.25) is 0 Å². The van der Waals surface area contributed by atoms with Crippen molar-refractivity contribution < 1.29 is 13.9 Å². The van der Waals surface area contributed by atoms with Crippen LogP contribution in [0, 0.1) is 28.5 Å². The van der Waals surface area contributed by atoms with Gasteiger partial charge in [0.2, 0.25) is 0 Å². The topological polar surface area (TPSA) is 66.0 Å². The van der Waals surface area contributed by atoms with Crippen molar-refractivity contribution in [2.75, 3.05) is 7.11 Å². The summed E-state index contributed by atoms with van der Waals surface area (Å²) >= 11 is 3.47. The van der Waals surface area contributed by atoms with Crippen LogP contribution >= 0.6 is 15.9 Å². The van der Waals surface area contributed by atoms with E-state index in [1.54, 1.807) is 48.5 Å². The summed E-state index contributed by atoms with van der Waals surface area (Å²) in [5.41, 5.74) is 2.35. The van der Waals surface area contributed by atoms with Gasteiger partial charge in [0.1, 0.15) is 12.4 Å². The molecule has 3 aromatic carbocycles. The molecule has 6 heteroatoms. The van der Waals surface area contributed by atoms with E-state index in [1.807, 2.05) is 18.2 Å². The lowest BCUT2D eigenvalue weighted by molar-refractivity contribution is 0.282. The van der Waals surface area contributed by atoms with Gasteiger partial charge >= 0.3 is 0 Å². The van der Waals surface area contributed by atoms with Crippen molar-refractivity contribution in [2.45, 2.75) is 6.61 Å². The molecule has 0 aliphatic rings. The van der Waals surface area contributed by atoms with Crippen LogP contribution in [-0.4, -0.2) is 7.11 Å². The Morgan fingerprint density at radius 2 is 1.83 bits per heavy atom. The third kappa shape index (κ3) is 4.68. The molecule has 0 N–H and O–H groups in total. The average Bonchev–Trinajstić information content (AvgIpc) is 2.77. The second-order valence-electron chi connectivity index (χ2n) is 6.24. The zero-order valence-corrected chi connectivity index (χ0v) is 17.6. The van der Waals surface area contributed by atoms with Crippen LogP contribution in [0.4, 0.5) is 4.39 Å². The molecule has 0 unspecified atom stereocenters. The summed E-state index contributed by atoms with van der Waals surface area (Å²) in [4.78, 5) is 0. The number of halogens is 2. The van der Waals surface area contributed by atoms with Gasteiger partial charge in [-0.3, -0.25) is 0 Å². The fraction of sp³-hybridized carbons (Fsp3) is 0.0833. The number of rotatable bonds is 6. The zero-order valence-electron chi connectivity index (χ0n) is 16.0. The minimum atomic E-state index is -0.465. The van der Waals surface area contributed by atoms with Gasteiger partial charge < -0.3 is 9.47 Å². The van der Waals surface area contributed by atoms with E-state index in [0.29, 0.717) is 27.1 Å². The Labute approximate surface area is 182 Å². The summed E-state index contributed by atoms with van der Waals surface area (Å²) in [5, 5.41) is 18.7. The molecule has 3 aromatic rings. The van der Waals surface area contributed by atoms with Crippen molar-refractivity contribution in [1.29, 1.82) is 10.5 Å². The summed E-state index contributed by atoms with van der Waals surface area (Å²) in [6.45, 7) is 0.187. The van der Waals surface area contributed by atoms with Gasteiger partial charge in [-0.25, -0.2) is 4.39 Å². The maximum atomic E-state index is 14.1. The van der Waals surface area contributed by atoms with Crippen LogP contribution < -0.4 is 9.47 Å². The first-order valence-electron chi connectivity index (χ1n) is 8.92. The Morgan fingerprint density at radius 1 is 1.10 bits per heavy atom. The smallest absolute Gasteiger partial charge is 0.175 e. The third-order valence-electron chi connectivity index (χ3n) is 4.36. The third-order valence-corrected chi connectivity index (χ3v) is 4.95. The van der Waals surface area contributed by atoms with Gasteiger partial charge in [-0.1, -0.05) is 36.4 Å². The number of nitriles is 2. The predicted octanol–water partition coefficient (Wildman–Crippen LogP) is 6.11. The minimum Gasteiger partial charge on any atom is -0.493 e. The molecular weight excluding hydrogens is 447 g/mol. The first-order chi connectivity index (χ1) is 14.6. The summed E-state index contributed by atoms with van der Waals surface area (Å²) < 4.78 is 26.0. The molecule has 0 radical (unpaired) electrons. The standard InChI is InChI=1S/C24H16BrFN2O2/c1-29-23-12-16(10-19(14-28)20-8-4-5-9-22(20)26)11-21(25)24(23)30-15-18-7-3-2-6-17(18)13-27/h2-12H,15H2,1H3. The quantitative estimate of drug-likeness (QED) is 0.327. The van der Waals surface area contributed by atoms with Gasteiger partial charge in [0, 0.05) is 11.1 Å². The van der Waals surface area contributed by atoms with Crippen LogP contribution in [0.15, 0.2) is 65.1 Å². The molecule has 4 nitrogen and oxygen atoms in total. The highest BCUT2D eigenvalue weighted by atomic mass is 79.9. The number of ether oxygens (including phenoxy) is 2. The fourth-order valence-corrected chi connectivity index (χ4v) is 3.46. The molecule has 0 fully saturated rings. The van der Waals surface area contributed by atoms with Crippen molar-refractivity contribution in [3.63, 3.8) is 0 Å². The molecule has 3 rings (SSSR count). The maximum Gasteiger partial charge on any atom is 0.175 e. The molecule has 0 aliphatic carbocycles. The molecular formula is C24H16BrFN2O2. The minimum absolute atomic E-state index is 0.187. The summed E-state index contributed by atoms with van der Waals surface area (Å²) in [6, 6.07) is 20.9. The normalized spacial score (nSPS) is 10.8. The molecule has 0 aliphatic heterocycles. The van der Waals surface area contributed by atoms with Crippen molar-refractivity contribution in [3.8, 4) is 23.6 Å². The van der Waals surface area contributed by atoms with E-state index < -0.39 is 5.82 Å². The second-order valence-corrected chi connectivity index (χ2v) is 7.10. The van der Waals surface area contributed by atoms with E-state index in [0.717, 1.165) is 5.56 Å². The van der Waals surface area contributed by atoms with E-state index in [-0.39, 0.29) is 17.7 Å². The van der Waals surface area contributed by atoms with E-state index >= 15 is 0 Å². The van der Waals surface area contributed by atoms with Crippen molar-refractivity contribution in [3.05, 3.63) is 93.2 Å². The van der Waals surface area contributed by atoms with Gasteiger partial charge in [0.25, 0.3) is 0 Å². The highest BCUT2D eigenvalue weighted by Crippen LogP contribution is 2.38. The average molecular weight is 463 g/mol. The molecule has 0 bridgehead atoms. The van der Waals surface area contributed by atoms with Crippen LogP contribution in [0.5, 0.6) is 11.5 Å². The highest BCUT2D eigenvalue weighted by molar-refractivity contribution is 9.10. The number of benzene rings is 3. The van der Waals surface area contributed by atoms with Crippen LogP contribution in [0.1, 0.15) is 22.3 Å². The monoisotopic (exact) mass is 462 g/mol. The maximum absolute atomic E-state index is 14.1. The zero-order chi connectivity index (χ0) is 21.5. The molecule has 0 saturated carbocycles. The number of nitrogens with zero attached hydrogens (tertiary/aromatic N) is 2. The van der Waals surface area contributed by atoms with Gasteiger partial charge in [0.15, 0.2) is 11.5 Å². The van der Waals surface area contributed by atoms with Crippen LogP contribution in [0.3, 0.4) is 0 Å². The Kier molecular flexibility index (Phi) is 6.85. The molecule has 148 valence electrons. The van der Waals surface area contributed by atoms with Crippen molar-refractivity contribution in [1.82, 2.24) is 0 Å². The molecule has 0 saturated heterocycles. The molecule has 30 heavy (non-hydrogen) atoms. The molecule has 0 spiro atoms. The first kappa shape index (κ1) is 21.1. The number of hydrogen-bond acceptors (Lipinski definition) is 4. The van der Waals surface area contributed by atoms with Gasteiger partial charge in [-0.05, 0) is 51.8 Å². The van der Waals surface area contributed by atoms with Crippen LogP contribution in [-0.2, 0) is 6.61 Å². The number of methoxy groups -OCH3 is 1. The fourth-order valence-electron chi connectivity index (χ4n) is 2.88. The van der Waals surface area contributed by atoms with Gasteiger partial charge in [-0.15, -0.1) is 0 Å². The Hall–Kier alpha value is -3.61. The lowest BCUT2D eigenvalue weighted by Gasteiger charge is -2.14. The molecule has 0 heterocycles. The van der Waals surface area contributed by atoms with Gasteiger partial charge in [-0.2, -0.15) is 10.5 Å². The largest absolute Gasteiger partial charge is 0.493 e. The Balaban J connectivity index is 1.93. The Morgan fingerprint density at radius 3 is 2.53 bits per heavy atom. The van der Waals surface area contributed by atoms with Gasteiger partial charge in [0.05, 0.1) is 34.9 Å². The van der Waals surface area contributed by atoms with E-state index in [2.05, 4.69) is 22.0 Å². The van der Waals surface area contributed by atoms with Crippen molar-refractivity contribution >= 4 is 27.6 Å². The van der Waals surface area contributed by atoms with E-state index in [4.69, 9.17) is 9.47 Å². The predicted molar refractivity (Wildman–Crippen MR) is 116 cm³/mol. The van der Waals surface area contributed by atoms with Crippen molar-refractivity contribution in [2.24, 2.45) is 0 Å². The summed E-state index contributed by atoms with van der Waals surface area (Å²) in [6.07, 6.45) is 1.58. The Bertz CT molecular complexity index is 1190. The van der Waals surface area contributed by atoms with Crippen LogP contribution in [0.25, 0.3) is 11.6 Å². The highest BCUT2D eigenvalue weighted by Gasteiger charge is 2.14. The van der Waals surface area contributed by atoms with E-state index in [9.17, 15) is 14.9 Å². The number of allylic oxidation sites excluding steroid dienone is 1. The van der Waals surface area contributed by atoms with E-state index in [1.165, 1.54) is 13.2 Å². The molecule has 0 atom stereocenters. The summed E-state index contributed by atoms with van der Waals surface area (Å²) in [7, 11) is 1.51. The summed E-state index contributed by atoms with van der Waals surface area (Å²) in [5.74, 6) is 0.440. The molecule has 0 amide bonds.